The number of nitrogens with zero attached hydrogens (tertiary/aromatic N) is 4. The fourth-order valence-electron chi connectivity index (χ4n) is 2.73. The molecular formula is C14H17N5O3S. The van der Waals surface area contributed by atoms with E-state index in [-0.39, 0.29) is 5.25 Å². The Balaban J connectivity index is 1.50. The van der Waals surface area contributed by atoms with Crippen LogP contribution in [-0.2, 0) is 29.5 Å². The van der Waals surface area contributed by atoms with Crippen molar-refractivity contribution in [2.24, 2.45) is 0 Å². The monoisotopic (exact) mass is 335 g/mol. The lowest BCUT2D eigenvalue weighted by Gasteiger charge is -2.25. The maximum Gasteiger partial charge on any atom is 0.222 e. The van der Waals surface area contributed by atoms with Crippen molar-refractivity contribution in [2.75, 3.05) is 11.9 Å². The molecule has 0 aromatic carbocycles. The van der Waals surface area contributed by atoms with E-state index in [4.69, 9.17) is 4.52 Å². The van der Waals surface area contributed by atoms with Crippen molar-refractivity contribution in [3.05, 3.63) is 35.5 Å². The lowest BCUT2D eigenvalue weighted by molar-refractivity contribution is 0.330. The van der Waals surface area contributed by atoms with E-state index in [0.29, 0.717) is 37.7 Å². The van der Waals surface area contributed by atoms with Crippen LogP contribution >= 0.6 is 0 Å². The van der Waals surface area contributed by atoms with E-state index in [1.165, 1.54) is 0 Å². The van der Waals surface area contributed by atoms with Gasteiger partial charge in [0.2, 0.25) is 16.0 Å². The zero-order valence-corrected chi connectivity index (χ0v) is 13.3. The highest BCUT2D eigenvalue weighted by Crippen LogP contribution is 2.34. The molecule has 122 valence electrons. The fourth-order valence-corrected chi connectivity index (χ4v) is 4.53. The molecule has 1 aliphatic heterocycles. The topological polar surface area (TPSA) is 101 Å². The van der Waals surface area contributed by atoms with Crippen molar-refractivity contribution in [3.8, 4) is 0 Å². The molecule has 1 saturated carbocycles. The highest BCUT2D eigenvalue weighted by Gasteiger charge is 2.42. The highest BCUT2D eigenvalue weighted by molar-refractivity contribution is 7.90. The normalized spacial score (nSPS) is 18.6. The molecule has 2 aliphatic rings. The van der Waals surface area contributed by atoms with Crippen LogP contribution in [0.4, 0.5) is 5.95 Å². The van der Waals surface area contributed by atoms with Gasteiger partial charge in [0.15, 0.2) is 0 Å². The molecule has 1 N–H and O–H groups in total. The first-order valence-electron chi connectivity index (χ1n) is 7.61. The molecule has 0 spiro atoms. The van der Waals surface area contributed by atoms with Crippen LogP contribution in [0.1, 0.15) is 29.9 Å². The lowest BCUT2D eigenvalue weighted by Crippen LogP contribution is -2.38. The van der Waals surface area contributed by atoms with Gasteiger partial charge in [0, 0.05) is 37.5 Å². The number of rotatable bonds is 5. The second-order valence-electron chi connectivity index (χ2n) is 5.78. The van der Waals surface area contributed by atoms with E-state index < -0.39 is 10.0 Å². The van der Waals surface area contributed by atoms with Gasteiger partial charge >= 0.3 is 0 Å². The summed E-state index contributed by atoms with van der Waals surface area (Å²) < 4.78 is 31.7. The summed E-state index contributed by atoms with van der Waals surface area (Å²) in [5.41, 5.74) is 1.58. The molecule has 1 aliphatic carbocycles. The summed E-state index contributed by atoms with van der Waals surface area (Å²) in [6.45, 7) is 1.21. The molecule has 0 amide bonds. The molecule has 0 saturated heterocycles. The van der Waals surface area contributed by atoms with E-state index in [9.17, 15) is 8.42 Å². The predicted molar refractivity (Wildman–Crippen MR) is 81.9 cm³/mol. The number of nitrogens with one attached hydrogen (secondary N) is 1. The van der Waals surface area contributed by atoms with E-state index in [2.05, 4.69) is 20.4 Å². The summed E-state index contributed by atoms with van der Waals surface area (Å²) in [5, 5.41) is 6.96. The summed E-state index contributed by atoms with van der Waals surface area (Å²) in [6, 6.07) is 1.74. The molecule has 8 nitrogen and oxygen atoms in total. The zero-order valence-electron chi connectivity index (χ0n) is 12.5. The average Bonchev–Trinajstić information content (AvgIpc) is 3.36. The number of hydrogen-bond donors (Lipinski definition) is 1. The Bertz CT molecular complexity index is 801. The summed E-state index contributed by atoms with van der Waals surface area (Å²) in [7, 11) is -3.17. The maximum absolute atomic E-state index is 12.4. The van der Waals surface area contributed by atoms with Crippen LogP contribution in [0.15, 0.2) is 23.0 Å². The number of aromatic nitrogens is 3. The lowest BCUT2D eigenvalue weighted by atomic mass is 10.1. The minimum atomic E-state index is -3.17. The van der Waals surface area contributed by atoms with Crippen molar-refractivity contribution in [1.82, 2.24) is 19.4 Å². The smallest absolute Gasteiger partial charge is 0.222 e. The van der Waals surface area contributed by atoms with Gasteiger partial charge in [-0.15, -0.1) is 0 Å². The fraction of sp³-hybridized carbons (Fsp3) is 0.500. The van der Waals surface area contributed by atoms with Gasteiger partial charge in [0.05, 0.1) is 11.8 Å². The molecule has 2 aromatic rings. The predicted octanol–water partition coefficient (Wildman–Crippen LogP) is 0.927. The Labute approximate surface area is 134 Å². The Kier molecular flexibility index (Phi) is 3.53. The van der Waals surface area contributed by atoms with Crippen molar-refractivity contribution in [2.45, 2.75) is 37.6 Å². The van der Waals surface area contributed by atoms with E-state index in [0.717, 1.165) is 24.2 Å². The van der Waals surface area contributed by atoms with Crippen LogP contribution in [-0.4, -0.2) is 39.6 Å². The van der Waals surface area contributed by atoms with Gasteiger partial charge in [0.25, 0.3) is 0 Å². The second-order valence-corrected chi connectivity index (χ2v) is 8.00. The molecule has 0 unspecified atom stereocenters. The van der Waals surface area contributed by atoms with Gasteiger partial charge in [-0.25, -0.2) is 18.4 Å². The first kappa shape index (κ1) is 14.6. The van der Waals surface area contributed by atoms with Crippen molar-refractivity contribution < 1.29 is 12.9 Å². The third-order valence-electron chi connectivity index (χ3n) is 4.16. The van der Waals surface area contributed by atoms with Crippen LogP contribution in [0.5, 0.6) is 0 Å². The van der Waals surface area contributed by atoms with Crippen LogP contribution in [0.2, 0.25) is 0 Å². The second kappa shape index (κ2) is 5.57. The first-order valence-corrected chi connectivity index (χ1v) is 9.11. The van der Waals surface area contributed by atoms with Gasteiger partial charge < -0.3 is 9.84 Å². The molecule has 0 bridgehead atoms. The number of hydrogen-bond acceptors (Lipinski definition) is 7. The van der Waals surface area contributed by atoms with Crippen LogP contribution < -0.4 is 5.32 Å². The number of anilines is 1. The zero-order chi connectivity index (χ0) is 15.9. The first-order chi connectivity index (χ1) is 11.1. The molecular weight excluding hydrogens is 318 g/mol. The molecule has 0 radical (unpaired) electrons. The summed E-state index contributed by atoms with van der Waals surface area (Å²) >= 11 is 0. The Morgan fingerprint density at radius 1 is 1.30 bits per heavy atom. The molecule has 0 atom stereocenters. The molecule has 9 heteroatoms. The van der Waals surface area contributed by atoms with Crippen LogP contribution in [0.3, 0.4) is 0 Å². The van der Waals surface area contributed by atoms with Gasteiger partial charge in [-0.1, -0.05) is 5.16 Å². The Morgan fingerprint density at radius 3 is 2.83 bits per heavy atom. The van der Waals surface area contributed by atoms with E-state index >= 15 is 0 Å². The van der Waals surface area contributed by atoms with Crippen LogP contribution in [0.25, 0.3) is 0 Å². The summed E-state index contributed by atoms with van der Waals surface area (Å²) in [4.78, 5) is 8.18. The van der Waals surface area contributed by atoms with Gasteiger partial charge in [-0.3, -0.25) is 0 Å². The third kappa shape index (κ3) is 2.81. The van der Waals surface area contributed by atoms with Crippen LogP contribution in [0, 0.1) is 0 Å². The van der Waals surface area contributed by atoms with Gasteiger partial charge in [0.1, 0.15) is 11.5 Å². The Hall–Kier alpha value is -2.00. The third-order valence-corrected chi connectivity index (χ3v) is 6.50. The highest BCUT2D eigenvalue weighted by atomic mass is 32.2. The molecule has 23 heavy (non-hydrogen) atoms. The van der Waals surface area contributed by atoms with Gasteiger partial charge in [-0.2, -0.15) is 4.31 Å². The molecule has 1 fully saturated rings. The quantitative estimate of drug-likeness (QED) is 0.867. The minimum absolute atomic E-state index is 0.191. The number of sulfonamides is 1. The van der Waals surface area contributed by atoms with Gasteiger partial charge in [-0.05, 0) is 18.9 Å². The maximum atomic E-state index is 12.4. The van der Waals surface area contributed by atoms with E-state index in [1.54, 1.807) is 22.8 Å². The van der Waals surface area contributed by atoms with E-state index in [1.807, 2.05) is 0 Å². The van der Waals surface area contributed by atoms with Crippen molar-refractivity contribution in [1.29, 1.82) is 0 Å². The molecule has 3 heterocycles. The number of fused-ring (bicyclic) bond motifs is 1. The standard InChI is InChI=1S/C14H17N5O3S/c20-23(21,10-2-3-10)19-7-4-13-11(9-19)12(18-22-13)8-17-14-15-5-1-6-16-14/h1,5-6,10H,2-4,7-9H2,(H,15,16,17). The van der Waals surface area contributed by atoms with Crippen molar-refractivity contribution >= 4 is 16.0 Å². The largest absolute Gasteiger partial charge is 0.361 e. The summed E-state index contributed by atoms with van der Waals surface area (Å²) in [5.74, 6) is 1.28. The molecule has 2 aromatic heterocycles. The average molecular weight is 335 g/mol. The minimum Gasteiger partial charge on any atom is -0.361 e. The van der Waals surface area contributed by atoms with Crippen molar-refractivity contribution in [3.63, 3.8) is 0 Å². The SMILES string of the molecule is O=S(=O)(C1CC1)N1CCc2onc(CNc3ncccn3)c2C1. The Morgan fingerprint density at radius 2 is 2.09 bits per heavy atom. The molecule has 4 rings (SSSR count). The summed E-state index contributed by atoms with van der Waals surface area (Å²) in [6.07, 6.45) is 5.41.